The molecular formula is C22H36FN3O2+2. The number of piperazine rings is 1. The SMILES string of the molecule is COc1ccc(F)cc1C[NH+]1CC[NH+](CC(=O)N[C@@H]2CCC[C@@H](C)[C@H]2C)CC1. The zero-order valence-electron chi connectivity index (χ0n) is 17.5. The van der Waals surface area contributed by atoms with Crippen molar-refractivity contribution in [2.24, 2.45) is 11.8 Å². The van der Waals surface area contributed by atoms with Crippen LogP contribution in [0.5, 0.6) is 5.75 Å². The molecule has 3 rings (SSSR count). The number of methoxy groups -OCH3 is 1. The topological polar surface area (TPSA) is 47.2 Å². The molecule has 1 aromatic rings. The molecule has 3 atom stereocenters. The standard InChI is InChI=1S/C22H34FN3O2/c1-16-5-4-6-20(17(16)2)24-22(27)15-26-11-9-25(10-12-26)14-18-13-19(23)7-8-21(18)28-3/h7-8,13,16-17,20H,4-6,9-12,14-15H2,1-3H3,(H,24,27)/p+2/t16-,17-,20-/m1/s1. The molecule has 0 spiro atoms. The van der Waals surface area contributed by atoms with Gasteiger partial charge in [-0.15, -0.1) is 0 Å². The van der Waals surface area contributed by atoms with Gasteiger partial charge in [-0.3, -0.25) is 4.79 Å². The minimum Gasteiger partial charge on any atom is -0.496 e. The maximum Gasteiger partial charge on any atom is 0.275 e. The smallest absolute Gasteiger partial charge is 0.275 e. The molecule has 1 aromatic carbocycles. The Hall–Kier alpha value is -1.66. The number of rotatable bonds is 6. The van der Waals surface area contributed by atoms with Gasteiger partial charge in [0, 0.05) is 6.04 Å². The first-order chi connectivity index (χ1) is 13.5. The largest absolute Gasteiger partial charge is 0.496 e. The average molecular weight is 394 g/mol. The van der Waals surface area contributed by atoms with Gasteiger partial charge in [-0.1, -0.05) is 26.7 Å². The van der Waals surface area contributed by atoms with Crippen LogP contribution in [0.2, 0.25) is 0 Å². The fourth-order valence-electron chi connectivity index (χ4n) is 4.74. The molecule has 1 saturated carbocycles. The molecular weight excluding hydrogens is 357 g/mol. The lowest BCUT2D eigenvalue weighted by molar-refractivity contribution is -1.02. The Labute approximate surface area is 168 Å². The van der Waals surface area contributed by atoms with Crippen molar-refractivity contribution in [3.63, 3.8) is 0 Å². The van der Waals surface area contributed by atoms with Crippen molar-refractivity contribution in [3.05, 3.63) is 29.6 Å². The number of carbonyl (C=O) groups excluding carboxylic acids is 1. The van der Waals surface area contributed by atoms with Crippen molar-refractivity contribution >= 4 is 5.91 Å². The molecule has 156 valence electrons. The lowest BCUT2D eigenvalue weighted by Gasteiger charge is -2.35. The van der Waals surface area contributed by atoms with Crippen molar-refractivity contribution in [1.29, 1.82) is 0 Å². The summed E-state index contributed by atoms with van der Waals surface area (Å²) in [5.74, 6) is 1.98. The molecule has 2 aliphatic rings. The number of hydrogen-bond donors (Lipinski definition) is 3. The van der Waals surface area contributed by atoms with Gasteiger partial charge in [0.15, 0.2) is 6.54 Å². The average Bonchev–Trinajstić information content (AvgIpc) is 2.67. The van der Waals surface area contributed by atoms with Gasteiger partial charge in [0.1, 0.15) is 44.3 Å². The van der Waals surface area contributed by atoms with Gasteiger partial charge in [-0.05, 0) is 36.5 Å². The Morgan fingerprint density at radius 2 is 1.89 bits per heavy atom. The highest BCUT2D eigenvalue weighted by atomic mass is 19.1. The minimum atomic E-state index is -0.220. The van der Waals surface area contributed by atoms with Crippen LogP contribution in [-0.4, -0.2) is 51.8 Å². The zero-order chi connectivity index (χ0) is 20.1. The van der Waals surface area contributed by atoms with Gasteiger partial charge in [0.05, 0.1) is 12.7 Å². The number of nitrogens with one attached hydrogen (secondary N) is 3. The number of halogens is 1. The summed E-state index contributed by atoms with van der Waals surface area (Å²) in [5.41, 5.74) is 0.916. The van der Waals surface area contributed by atoms with Crippen LogP contribution < -0.4 is 19.9 Å². The van der Waals surface area contributed by atoms with Crippen LogP contribution in [0.1, 0.15) is 38.7 Å². The van der Waals surface area contributed by atoms with Gasteiger partial charge < -0.3 is 19.9 Å². The summed E-state index contributed by atoms with van der Waals surface area (Å²) in [6.07, 6.45) is 3.61. The monoisotopic (exact) mass is 393 g/mol. The summed E-state index contributed by atoms with van der Waals surface area (Å²) in [7, 11) is 1.63. The van der Waals surface area contributed by atoms with Gasteiger partial charge >= 0.3 is 0 Å². The maximum absolute atomic E-state index is 13.6. The Kier molecular flexibility index (Phi) is 7.30. The second-order valence-corrected chi connectivity index (χ2v) is 8.75. The van der Waals surface area contributed by atoms with Gasteiger partial charge in [-0.25, -0.2) is 4.39 Å². The predicted octanol–water partition coefficient (Wildman–Crippen LogP) is 0.0586. The fraction of sp³-hybridized carbons (Fsp3) is 0.682. The van der Waals surface area contributed by atoms with Crippen LogP contribution in [0.25, 0.3) is 0 Å². The van der Waals surface area contributed by atoms with Crippen LogP contribution in [0, 0.1) is 17.7 Å². The highest BCUT2D eigenvalue weighted by Crippen LogP contribution is 2.29. The number of carbonyl (C=O) groups is 1. The Morgan fingerprint density at radius 3 is 2.61 bits per heavy atom. The Balaban J connectivity index is 1.44. The number of ether oxygens (including phenoxy) is 1. The third-order valence-corrected chi connectivity index (χ3v) is 6.81. The molecule has 0 bridgehead atoms. The van der Waals surface area contributed by atoms with E-state index in [4.69, 9.17) is 4.74 Å². The second-order valence-electron chi connectivity index (χ2n) is 8.75. The maximum atomic E-state index is 13.6. The van der Waals surface area contributed by atoms with Crippen LogP contribution in [0.4, 0.5) is 4.39 Å². The minimum absolute atomic E-state index is 0.191. The molecule has 28 heavy (non-hydrogen) atoms. The molecule has 5 nitrogen and oxygen atoms in total. The van der Waals surface area contributed by atoms with Crippen molar-refractivity contribution in [1.82, 2.24) is 5.32 Å². The third kappa shape index (κ3) is 5.45. The molecule has 3 N–H and O–H groups in total. The van der Waals surface area contributed by atoms with E-state index in [1.54, 1.807) is 19.2 Å². The summed E-state index contributed by atoms with van der Waals surface area (Å²) < 4.78 is 18.9. The summed E-state index contributed by atoms with van der Waals surface area (Å²) in [6.45, 7) is 9.80. The number of quaternary nitrogens is 2. The first kappa shape index (κ1) is 21.1. The molecule has 0 aromatic heterocycles. The molecule has 0 unspecified atom stereocenters. The van der Waals surface area contributed by atoms with E-state index in [-0.39, 0.29) is 11.7 Å². The zero-order valence-corrected chi connectivity index (χ0v) is 17.5. The van der Waals surface area contributed by atoms with E-state index >= 15 is 0 Å². The van der Waals surface area contributed by atoms with E-state index in [9.17, 15) is 9.18 Å². The molecule has 0 radical (unpaired) electrons. The molecule has 1 saturated heterocycles. The number of amides is 1. The highest BCUT2D eigenvalue weighted by Gasteiger charge is 2.30. The van der Waals surface area contributed by atoms with Gasteiger partial charge in [0.2, 0.25) is 0 Å². The Bertz CT molecular complexity index is 661. The van der Waals surface area contributed by atoms with Gasteiger partial charge in [0.25, 0.3) is 5.91 Å². The van der Waals surface area contributed by atoms with E-state index in [0.717, 1.165) is 50.5 Å². The number of hydrogen-bond acceptors (Lipinski definition) is 2. The van der Waals surface area contributed by atoms with Crippen molar-refractivity contribution in [2.45, 2.75) is 45.7 Å². The van der Waals surface area contributed by atoms with Crippen LogP contribution >= 0.6 is 0 Å². The predicted molar refractivity (Wildman–Crippen MR) is 107 cm³/mol. The first-order valence-electron chi connectivity index (χ1n) is 10.7. The number of benzene rings is 1. The van der Waals surface area contributed by atoms with Crippen molar-refractivity contribution in [2.75, 3.05) is 39.8 Å². The normalized spacial score (nSPS) is 30.6. The second kappa shape index (κ2) is 9.70. The molecule has 1 aliphatic carbocycles. The van der Waals surface area contributed by atoms with Crippen LogP contribution in [-0.2, 0) is 11.3 Å². The summed E-state index contributed by atoms with van der Waals surface area (Å²) >= 11 is 0. The van der Waals surface area contributed by atoms with E-state index in [0.29, 0.717) is 24.4 Å². The lowest BCUT2D eigenvalue weighted by Crippen LogP contribution is -3.28. The van der Waals surface area contributed by atoms with Gasteiger partial charge in [-0.2, -0.15) is 0 Å². The van der Waals surface area contributed by atoms with Crippen molar-refractivity contribution < 1.29 is 23.7 Å². The summed E-state index contributed by atoms with van der Waals surface area (Å²) in [4.78, 5) is 15.3. The third-order valence-electron chi connectivity index (χ3n) is 6.81. The summed E-state index contributed by atoms with van der Waals surface area (Å²) in [6, 6.07) is 5.04. The molecule has 1 aliphatic heterocycles. The quantitative estimate of drug-likeness (QED) is 0.640. The summed E-state index contributed by atoms with van der Waals surface area (Å²) in [5, 5.41) is 3.29. The van der Waals surface area contributed by atoms with E-state index in [2.05, 4.69) is 19.2 Å². The van der Waals surface area contributed by atoms with Crippen LogP contribution in [0.3, 0.4) is 0 Å². The molecule has 1 amide bonds. The first-order valence-corrected chi connectivity index (χ1v) is 10.7. The van der Waals surface area contributed by atoms with Crippen molar-refractivity contribution in [3.8, 4) is 5.75 Å². The highest BCUT2D eigenvalue weighted by molar-refractivity contribution is 5.77. The van der Waals surface area contributed by atoms with E-state index in [1.807, 2.05) is 0 Å². The fourth-order valence-corrected chi connectivity index (χ4v) is 4.74. The van der Waals surface area contributed by atoms with E-state index < -0.39 is 0 Å². The van der Waals surface area contributed by atoms with Crippen LogP contribution in [0.15, 0.2) is 18.2 Å². The molecule has 1 heterocycles. The molecule has 6 heteroatoms. The molecule has 2 fully saturated rings. The van der Waals surface area contributed by atoms with E-state index in [1.165, 1.54) is 28.7 Å². The lowest BCUT2D eigenvalue weighted by atomic mass is 9.78. The Morgan fingerprint density at radius 1 is 1.18 bits per heavy atom.